The van der Waals surface area contributed by atoms with Gasteiger partial charge in [0, 0.05) is 52.7 Å². The van der Waals surface area contributed by atoms with Crippen LogP contribution in [0.15, 0.2) is 91.5 Å². The van der Waals surface area contributed by atoms with E-state index in [1.165, 1.54) is 4.63 Å². The van der Waals surface area contributed by atoms with Gasteiger partial charge in [0.1, 0.15) is 0 Å². The van der Waals surface area contributed by atoms with E-state index in [4.69, 9.17) is 0 Å². The van der Waals surface area contributed by atoms with Crippen LogP contribution in [0, 0.1) is 11.3 Å². The summed E-state index contributed by atoms with van der Waals surface area (Å²) in [5.41, 5.74) is 6.43. The molecule has 4 heterocycles. The number of aromatic nitrogens is 6. The van der Waals surface area contributed by atoms with Crippen LogP contribution >= 0.6 is 0 Å². The largest absolute Gasteiger partial charge is 0.355 e. The van der Waals surface area contributed by atoms with Gasteiger partial charge in [0.25, 0.3) is 0 Å². The second-order valence-corrected chi connectivity index (χ2v) is 7.79. The predicted octanol–water partition coefficient (Wildman–Crippen LogP) is 6.12. The Kier molecular flexibility index (Phi) is 6.63. The highest BCUT2D eigenvalue weighted by molar-refractivity contribution is 5.93. The molecule has 2 N–H and O–H groups in total. The van der Waals surface area contributed by atoms with Crippen LogP contribution in [0.1, 0.15) is 19.4 Å². The normalized spacial score (nSPS) is 10.4. The lowest BCUT2D eigenvalue weighted by Crippen LogP contribution is -1.97. The quantitative estimate of drug-likeness (QED) is 0.300. The van der Waals surface area contributed by atoms with Crippen LogP contribution in [-0.2, 0) is 0 Å². The van der Waals surface area contributed by atoms with Crippen molar-refractivity contribution < 1.29 is 0 Å². The first kappa shape index (κ1) is 23.4. The fraction of sp³-hybridized carbons (Fsp3) is 0.0714. The van der Waals surface area contributed by atoms with Gasteiger partial charge >= 0.3 is 0 Å². The van der Waals surface area contributed by atoms with E-state index in [1.807, 2.05) is 74.5 Å². The van der Waals surface area contributed by atoms with Crippen molar-refractivity contribution in [3.05, 3.63) is 97.1 Å². The van der Waals surface area contributed by atoms with Gasteiger partial charge in [-0.05, 0) is 60.7 Å². The maximum Gasteiger partial charge on any atom is 0.183 e. The minimum Gasteiger partial charge on any atom is -0.355 e. The Morgan fingerprint density at radius 3 is 2.38 bits per heavy atom. The third-order valence-electron chi connectivity index (χ3n) is 5.47. The Morgan fingerprint density at radius 2 is 1.59 bits per heavy atom. The Labute approximate surface area is 213 Å². The SMILES string of the molecule is CC.N#Cc1ccc2nccc(Nc3ccc(-c4nc5cc(Nc6ccncc6)cnn5n4)cc3)c2c1. The molecule has 9 heteroatoms. The molecule has 0 unspecified atom stereocenters. The Bertz CT molecular complexity index is 1700. The molecule has 0 saturated heterocycles. The summed E-state index contributed by atoms with van der Waals surface area (Å²) in [5.74, 6) is 0.582. The number of hydrogen-bond donors (Lipinski definition) is 2. The molecule has 0 bridgehead atoms. The molecule has 9 nitrogen and oxygen atoms in total. The van der Waals surface area contributed by atoms with Gasteiger partial charge < -0.3 is 10.6 Å². The van der Waals surface area contributed by atoms with Crippen molar-refractivity contribution in [3.63, 3.8) is 0 Å². The van der Waals surface area contributed by atoms with Crippen molar-refractivity contribution >= 4 is 39.3 Å². The monoisotopic (exact) mass is 485 g/mol. The maximum absolute atomic E-state index is 9.24. The van der Waals surface area contributed by atoms with Gasteiger partial charge in [0.05, 0.1) is 29.0 Å². The summed E-state index contributed by atoms with van der Waals surface area (Å²) in [4.78, 5) is 13.0. The minimum atomic E-state index is 0.582. The summed E-state index contributed by atoms with van der Waals surface area (Å²) in [6.45, 7) is 4.00. The summed E-state index contributed by atoms with van der Waals surface area (Å²) in [6, 6.07) is 23.0. The van der Waals surface area contributed by atoms with E-state index in [1.54, 1.807) is 30.9 Å². The summed E-state index contributed by atoms with van der Waals surface area (Å²) < 4.78 is 1.51. The molecule has 0 radical (unpaired) electrons. The number of nitrogens with zero attached hydrogens (tertiary/aromatic N) is 7. The van der Waals surface area contributed by atoms with E-state index in [0.717, 1.165) is 39.2 Å². The first-order valence-electron chi connectivity index (χ1n) is 11.8. The van der Waals surface area contributed by atoms with Crippen molar-refractivity contribution in [1.82, 2.24) is 29.8 Å². The number of nitrogens with one attached hydrogen (secondary N) is 2. The number of pyridine rings is 2. The zero-order valence-corrected chi connectivity index (χ0v) is 20.3. The highest BCUT2D eigenvalue weighted by atomic mass is 15.4. The molecule has 0 aliphatic rings. The van der Waals surface area contributed by atoms with Gasteiger partial charge in [-0.2, -0.15) is 10.4 Å². The summed E-state index contributed by atoms with van der Waals surface area (Å²) >= 11 is 0. The number of nitriles is 1. The third-order valence-corrected chi connectivity index (χ3v) is 5.47. The second-order valence-electron chi connectivity index (χ2n) is 7.79. The van der Waals surface area contributed by atoms with Crippen LogP contribution < -0.4 is 10.6 Å². The lowest BCUT2D eigenvalue weighted by molar-refractivity contribution is 0.804. The molecule has 37 heavy (non-hydrogen) atoms. The zero-order valence-electron chi connectivity index (χ0n) is 20.3. The van der Waals surface area contributed by atoms with Crippen molar-refractivity contribution in [2.75, 3.05) is 10.6 Å². The molecule has 0 aliphatic heterocycles. The highest BCUT2D eigenvalue weighted by Crippen LogP contribution is 2.27. The number of rotatable bonds is 5. The minimum absolute atomic E-state index is 0.582. The van der Waals surface area contributed by atoms with Crippen LogP contribution in [0.5, 0.6) is 0 Å². The fourth-order valence-corrected chi connectivity index (χ4v) is 3.76. The van der Waals surface area contributed by atoms with Crippen molar-refractivity contribution in [2.45, 2.75) is 13.8 Å². The van der Waals surface area contributed by atoms with Crippen molar-refractivity contribution in [2.24, 2.45) is 0 Å². The molecular formula is C28H23N9. The smallest absolute Gasteiger partial charge is 0.183 e. The number of hydrogen-bond acceptors (Lipinski definition) is 8. The van der Waals surface area contributed by atoms with Crippen LogP contribution in [0.4, 0.5) is 22.7 Å². The standard InChI is InChI=1S/C26H17N9.C2H6/c27-15-17-1-6-23-22(13-17)24(9-12-29-23)32-19-4-2-18(3-5-19)26-33-25-14-21(16-30-35(25)34-26)31-20-7-10-28-11-8-20;1-2/h1-14,16H,(H,28,31)(H,29,32);1-2H3. The van der Waals surface area contributed by atoms with Crippen molar-refractivity contribution in [1.29, 1.82) is 5.26 Å². The third kappa shape index (κ3) is 5.04. The number of fused-ring (bicyclic) bond motifs is 2. The van der Waals surface area contributed by atoms with Gasteiger partial charge in [-0.25, -0.2) is 4.98 Å². The van der Waals surface area contributed by atoms with Gasteiger partial charge in [-0.1, -0.05) is 13.8 Å². The van der Waals surface area contributed by atoms with Gasteiger partial charge in [-0.15, -0.1) is 9.73 Å². The van der Waals surface area contributed by atoms with E-state index in [-0.39, 0.29) is 0 Å². The number of benzene rings is 2. The molecule has 0 atom stereocenters. The lowest BCUT2D eigenvalue weighted by atomic mass is 10.1. The molecule has 0 amide bonds. The van der Waals surface area contributed by atoms with E-state index >= 15 is 0 Å². The average molecular weight is 486 g/mol. The Morgan fingerprint density at radius 1 is 0.811 bits per heavy atom. The maximum atomic E-state index is 9.24. The van der Waals surface area contributed by atoms with Crippen LogP contribution in [-0.4, -0.2) is 29.8 Å². The molecular weight excluding hydrogens is 462 g/mol. The Hall–Kier alpha value is -5.36. The molecule has 6 aromatic rings. The molecule has 6 rings (SSSR count). The molecule has 2 aromatic carbocycles. The molecule has 4 aromatic heterocycles. The first-order chi connectivity index (χ1) is 18.2. The highest BCUT2D eigenvalue weighted by Gasteiger charge is 2.09. The first-order valence-corrected chi connectivity index (χ1v) is 11.8. The molecule has 0 aliphatic carbocycles. The zero-order chi connectivity index (χ0) is 25.6. The second kappa shape index (κ2) is 10.5. The summed E-state index contributed by atoms with van der Waals surface area (Å²) in [6.07, 6.45) is 6.90. The van der Waals surface area contributed by atoms with Crippen molar-refractivity contribution in [3.8, 4) is 17.5 Å². The van der Waals surface area contributed by atoms with Gasteiger partial charge in [0.2, 0.25) is 0 Å². The van der Waals surface area contributed by atoms with Crippen LogP contribution in [0.3, 0.4) is 0 Å². The van der Waals surface area contributed by atoms with E-state index in [0.29, 0.717) is 17.0 Å². The van der Waals surface area contributed by atoms with E-state index in [9.17, 15) is 5.26 Å². The average Bonchev–Trinajstić information content (AvgIpc) is 3.38. The molecule has 180 valence electrons. The summed E-state index contributed by atoms with van der Waals surface area (Å²) in [7, 11) is 0. The lowest BCUT2D eigenvalue weighted by Gasteiger charge is -2.10. The summed E-state index contributed by atoms with van der Waals surface area (Å²) in [5, 5.41) is 25.7. The van der Waals surface area contributed by atoms with Gasteiger partial charge in [-0.3, -0.25) is 9.97 Å². The molecule has 0 spiro atoms. The van der Waals surface area contributed by atoms with Crippen LogP contribution in [0.2, 0.25) is 0 Å². The fourth-order valence-electron chi connectivity index (χ4n) is 3.76. The van der Waals surface area contributed by atoms with Crippen LogP contribution in [0.25, 0.3) is 27.9 Å². The topological polar surface area (TPSA) is 117 Å². The van der Waals surface area contributed by atoms with Gasteiger partial charge in [0.15, 0.2) is 11.5 Å². The molecule has 0 saturated carbocycles. The van der Waals surface area contributed by atoms with E-state index in [2.05, 4.69) is 41.9 Å². The predicted molar refractivity (Wildman–Crippen MR) is 145 cm³/mol. The molecule has 0 fully saturated rings. The van der Waals surface area contributed by atoms with E-state index < -0.39 is 0 Å². The number of anilines is 4. The Balaban J connectivity index is 0.00000137.